The number of benzene rings is 2. The fraction of sp³-hybridized carbons (Fsp3) is 0.409. The molecule has 1 amide bonds. The van der Waals surface area contributed by atoms with E-state index in [4.69, 9.17) is 0 Å². The number of amides is 1. The topological polar surface area (TPSA) is 66.5 Å². The van der Waals surface area contributed by atoms with Gasteiger partial charge in [0.05, 0.1) is 11.9 Å². The Morgan fingerprint density at radius 1 is 1.07 bits per heavy atom. The Morgan fingerprint density at radius 3 is 2.32 bits per heavy atom. The number of carbonyl (C=O) groups is 1. The zero-order valence-electron chi connectivity index (χ0n) is 17.1. The van der Waals surface area contributed by atoms with Gasteiger partial charge in [-0.1, -0.05) is 43.3 Å². The number of hydrogen-bond acceptors (Lipinski definition) is 3. The van der Waals surface area contributed by atoms with E-state index in [1.807, 2.05) is 51.1 Å². The SMILES string of the molecule is CCC(C(=O)NCCCc1ccccc1)N(c1ccc(C)c(C)c1)S(C)(=O)=O. The van der Waals surface area contributed by atoms with Crippen LogP contribution in [0.15, 0.2) is 48.5 Å². The van der Waals surface area contributed by atoms with Crippen LogP contribution in [0.1, 0.15) is 36.5 Å². The maximum Gasteiger partial charge on any atom is 0.243 e. The predicted octanol–water partition coefficient (Wildman–Crippen LogP) is 3.60. The molecule has 0 radical (unpaired) electrons. The third kappa shape index (κ3) is 5.83. The normalized spacial score (nSPS) is 12.4. The van der Waals surface area contributed by atoms with E-state index in [-0.39, 0.29) is 5.91 Å². The van der Waals surface area contributed by atoms with Crippen LogP contribution >= 0.6 is 0 Å². The Kier molecular flexibility index (Phi) is 7.63. The standard InChI is InChI=1S/C22H30N2O3S/c1-5-21(22(25)23-15-9-12-19-10-7-6-8-11-19)24(28(4,26)27)20-14-13-17(2)18(3)16-20/h6-8,10-11,13-14,16,21H,5,9,12,15H2,1-4H3,(H,23,25). The first-order chi connectivity index (χ1) is 13.2. The van der Waals surface area contributed by atoms with E-state index < -0.39 is 16.1 Å². The summed E-state index contributed by atoms with van der Waals surface area (Å²) < 4.78 is 26.2. The van der Waals surface area contributed by atoms with Crippen LogP contribution in [0.25, 0.3) is 0 Å². The third-order valence-electron chi connectivity index (χ3n) is 4.86. The molecule has 0 bridgehead atoms. The van der Waals surface area contributed by atoms with Gasteiger partial charge in [-0.3, -0.25) is 9.10 Å². The van der Waals surface area contributed by atoms with Crippen molar-refractivity contribution in [1.82, 2.24) is 5.32 Å². The van der Waals surface area contributed by atoms with Crippen LogP contribution in [0.2, 0.25) is 0 Å². The Hall–Kier alpha value is -2.34. The number of carbonyl (C=O) groups excluding carboxylic acids is 1. The van der Waals surface area contributed by atoms with E-state index in [1.54, 1.807) is 6.07 Å². The molecule has 0 saturated heterocycles. The van der Waals surface area contributed by atoms with Gasteiger partial charge in [-0.05, 0) is 61.9 Å². The predicted molar refractivity (Wildman–Crippen MR) is 115 cm³/mol. The van der Waals surface area contributed by atoms with Gasteiger partial charge in [0.2, 0.25) is 15.9 Å². The highest BCUT2D eigenvalue weighted by atomic mass is 32.2. The molecule has 0 aromatic heterocycles. The molecule has 0 saturated carbocycles. The van der Waals surface area contributed by atoms with Gasteiger partial charge in [0.1, 0.15) is 6.04 Å². The second-order valence-corrected chi connectivity index (χ2v) is 8.99. The van der Waals surface area contributed by atoms with E-state index >= 15 is 0 Å². The Balaban J connectivity index is 2.09. The molecule has 2 aromatic rings. The zero-order chi connectivity index (χ0) is 20.7. The first-order valence-corrected chi connectivity index (χ1v) is 11.5. The summed E-state index contributed by atoms with van der Waals surface area (Å²) in [5, 5.41) is 2.91. The van der Waals surface area contributed by atoms with Crippen molar-refractivity contribution in [3.05, 3.63) is 65.2 Å². The molecule has 0 aliphatic heterocycles. The van der Waals surface area contributed by atoms with Gasteiger partial charge in [-0.15, -0.1) is 0 Å². The van der Waals surface area contributed by atoms with Crippen LogP contribution in [-0.4, -0.2) is 33.2 Å². The van der Waals surface area contributed by atoms with Crippen LogP contribution in [0.5, 0.6) is 0 Å². The van der Waals surface area contributed by atoms with E-state index in [2.05, 4.69) is 17.4 Å². The van der Waals surface area contributed by atoms with E-state index in [1.165, 1.54) is 9.87 Å². The highest BCUT2D eigenvalue weighted by Crippen LogP contribution is 2.25. The van der Waals surface area contributed by atoms with Gasteiger partial charge in [-0.25, -0.2) is 8.42 Å². The van der Waals surface area contributed by atoms with Crippen LogP contribution in [-0.2, 0) is 21.2 Å². The molecular weight excluding hydrogens is 372 g/mol. The van der Waals surface area contributed by atoms with Crippen molar-refractivity contribution in [2.45, 2.75) is 46.1 Å². The van der Waals surface area contributed by atoms with Gasteiger partial charge < -0.3 is 5.32 Å². The minimum atomic E-state index is -3.60. The van der Waals surface area contributed by atoms with E-state index in [0.29, 0.717) is 18.7 Å². The van der Waals surface area contributed by atoms with E-state index in [9.17, 15) is 13.2 Å². The van der Waals surface area contributed by atoms with Crippen molar-refractivity contribution in [3.63, 3.8) is 0 Å². The lowest BCUT2D eigenvalue weighted by Gasteiger charge is -2.30. The highest BCUT2D eigenvalue weighted by molar-refractivity contribution is 7.92. The summed E-state index contributed by atoms with van der Waals surface area (Å²) in [5.41, 5.74) is 3.81. The van der Waals surface area contributed by atoms with Crippen molar-refractivity contribution in [1.29, 1.82) is 0 Å². The first kappa shape index (κ1) is 22.0. The molecule has 0 heterocycles. The summed E-state index contributed by atoms with van der Waals surface area (Å²) in [7, 11) is -3.60. The van der Waals surface area contributed by atoms with Crippen molar-refractivity contribution in [3.8, 4) is 0 Å². The summed E-state index contributed by atoms with van der Waals surface area (Å²) in [6, 6.07) is 14.8. The quantitative estimate of drug-likeness (QED) is 0.652. The maximum atomic E-state index is 12.8. The minimum absolute atomic E-state index is 0.265. The smallest absolute Gasteiger partial charge is 0.243 e. The minimum Gasteiger partial charge on any atom is -0.354 e. The molecule has 1 N–H and O–H groups in total. The zero-order valence-corrected chi connectivity index (χ0v) is 17.9. The fourth-order valence-corrected chi connectivity index (χ4v) is 4.39. The Morgan fingerprint density at radius 2 is 1.75 bits per heavy atom. The molecule has 0 aliphatic carbocycles. The van der Waals surface area contributed by atoms with E-state index in [0.717, 1.165) is 30.2 Å². The molecule has 0 spiro atoms. The molecule has 1 atom stereocenters. The Bertz CT molecular complexity index is 895. The second kappa shape index (κ2) is 9.73. The lowest BCUT2D eigenvalue weighted by molar-refractivity contribution is -0.122. The average Bonchev–Trinajstić information content (AvgIpc) is 2.65. The fourth-order valence-electron chi connectivity index (χ4n) is 3.19. The Labute approximate surface area is 168 Å². The largest absolute Gasteiger partial charge is 0.354 e. The maximum absolute atomic E-state index is 12.8. The van der Waals surface area contributed by atoms with Crippen molar-refractivity contribution in [2.24, 2.45) is 0 Å². The molecule has 152 valence electrons. The van der Waals surface area contributed by atoms with Gasteiger partial charge in [0.25, 0.3) is 0 Å². The number of aryl methyl sites for hydroxylation is 3. The number of sulfonamides is 1. The summed E-state index contributed by atoms with van der Waals surface area (Å²) in [6.45, 7) is 6.24. The van der Waals surface area contributed by atoms with Gasteiger partial charge in [-0.2, -0.15) is 0 Å². The molecule has 5 nitrogen and oxygen atoms in total. The van der Waals surface area contributed by atoms with Crippen LogP contribution in [0.4, 0.5) is 5.69 Å². The summed E-state index contributed by atoms with van der Waals surface area (Å²) in [4.78, 5) is 12.8. The summed E-state index contributed by atoms with van der Waals surface area (Å²) in [6.07, 6.45) is 3.21. The van der Waals surface area contributed by atoms with Crippen molar-refractivity contribution >= 4 is 21.6 Å². The molecule has 2 rings (SSSR count). The van der Waals surface area contributed by atoms with Crippen LogP contribution in [0, 0.1) is 13.8 Å². The average molecular weight is 403 g/mol. The van der Waals surface area contributed by atoms with Gasteiger partial charge in [0.15, 0.2) is 0 Å². The molecule has 0 aliphatic rings. The van der Waals surface area contributed by atoms with Crippen molar-refractivity contribution < 1.29 is 13.2 Å². The summed E-state index contributed by atoms with van der Waals surface area (Å²) in [5.74, 6) is -0.265. The number of nitrogens with zero attached hydrogens (tertiary/aromatic N) is 1. The molecule has 2 aromatic carbocycles. The van der Waals surface area contributed by atoms with Gasteiger partial charge >= 0.3 is 0 Å². The lowest BCUT2D eigenvalue weighted by atomic mass is 10.1. The number of anilines is 1. The van der Waals surface area contributed by atoms with Crippen LogP contribution < -0.4 is 9.62 Å². The highest BCUT2D eigenvalue weighted by Gasteiger charge is 2.31. The monoisotopic (exact) mass is 402 g/mol. The third-order valence-corrected chi connectivity index (χ3v) is 6.04. The molecule has 6 heteroatoms. The first-order valence-electron chi connectivity index (χ1n) is 9.62. The second-order valence-electron chi connectivity index (χ2n) is 7.13. The molecule has 28 heavy (non-hydrogen) atoms. The molecule has 1 unspecified atom stereocenters. The number of rotatable bonds is 9. The van der Waals surface area contributed by atoms with Gasteiger partial charge in [0, 0.05) is 6.54 Å². The molecule has 0 fully saturated rings. The molecular formula is C22H30N2O3S. The summed E-state index contributed by atoms with van der Waals surface area (Å²) >= 11 is 0. The van der Waals surface area contributed by atoms with Crippen LogP contribution in [0.3, 0.4) is 0 Å². The number of hydrogen-bond donors (Lipinski definition) is 1. The number of nitrogens with one attached hydrogen (secondary N) is 1. The lowest BCUT2D eigenvalue weighted by Crippen LogP contribution is -2.49. The van der Waals surface area contributed by atoms with Crippen molar-refractivity contribution in [2.75, 3.05) is 17.1 Å².